The van der Waals surface area contributed by atoms with Crippen LogP contribution in [0.4, 0.5) is 10.5 Å². The predicted octanol–water partition coefficient (Wildman–Crippen LogP) is 4.71. The molecule has 4 bridgehead atoms. The number of amides is 2. The lowest BCUT2D eigenvalue weighted by Crippen LogP contribution is -2.56. The number of hydrogen-bond donors (Lipinski definition) is 2. The monoisotopic (exact) mass is 488 g/mol. The highest BCUT2D eigenvalue weighted by Gasteiger charge is 2.54. The van der Waals surface area contributed by atoms with Crippen LogP contribution in [0.1, 0.15) is 70.3 Å². The molecule has 2 amide bonds. The number of ether oxygens (including phenoxy) is 1. The van der Waals surface area contributed by atoms with Crippen LogP contribution in [0.2, 0.25) is 0 Å². The molecule has 5 aliphatic rings. The van der Waals surface area contributed by atoms with Gasteiger partial charge >= 0.3 is 6.09 Å². The molecule has 1 atom stereocenters. The van der Waals surface area contributed by atoms with E-state index in [1.54, 1.807) is 31.2 Å². The highest BCUT2D eigenvalue weighted by molar-refractivity contribution is 6.00. The number of anilines is 1. The van der Waals surface area contributed by atoms with E-state index in [2.05, 4.69) is 0 Å². The van der Waals surface area contributed by atoms with Crippen molar-refractivity contribution in [1.29, 1.82) is 5.41 Å². The van der Waals surface area contributed by atoms with E-state index in [-0.39, 0.29) is 24.1 Å². The number of carbonyl (C=O) groups is 2. The van der Waals surface area contributed by atoms with Crippen molar-refractivity contribution < 1.29 is 14.3 Å². The number of amidine groups is 1. The van der Waals surface area contributed by atoms with Crippen molar-refractivity contribution in [2.45, 2.75) is 76.4 Å². The standard InChI is InChI=1S/C26H36N4O3.ClH/c1-17(24(31)29-8-3-2-4-9-29)30(22-7-5-6-21(13-22)23(27)28)25(32)33-26-14-18-10-19(15-26)12-20(11-18)16-26;/h5-7,13,17-20H,2-4,8-12,14-16H2,1H3,(H3,27,28);1H/t17-,18?,19?,20?,26?;/m0./s1. The first-order valence-electron chi connectivity index (χ1n) is 12.6. The molecule has 3 N–H and O–H groups in total. The van der Waals surface area contributed by atoms with E-state index >= 15 is 0 Å². The van der Waals surface area contributed by atoms with Crippen LogP contribution < -0.4 is 10.6 Å². The molecule has 8 heteroatoms. The number of benzene rings is 1. The molecule has 0 radical (unpaired) electrons. The molecule has 0 spiro atoms. The molecule has 5 fully saturated rings. The highest BCUT2D eigenvalue weighted by Crippen LogP contribution is 2.57. The molecule has 7 nitrogen and oxygen atoms in total. The highest BCUT2D eigenvalue weighted by atomic mass is 35.5. The van der Waals surface area contributed by atoms with Crippen LogP contribution in [0.5, 0.6) is 0 Å². The molecule has 1 aliphatic heterocycles. The van der Waals surface area contributed by atoms with Gasteiger partial charge in [0.25, 0.3) is 0 Å². The maximum atomic E-state index is 13.8. The summed E-state index contributed by atoms with van der Waals surface area (Å²) in [6.07, 6.45) is 9.32. The van der Waals surface area contributed by atoms with Gasteiger partial charge in [-0.2, -0.15) is 0 Å². The number of nitrogens with two attached hydrogens (primary N) is 1. The SMILES string of the molecule is C[C@@H](C(=O)N1CCCCC1)N(C(=O)OC12CC3CC(CC(C3)C1)C2)c1cccc(C(=N)N)c1.Cl. The van der Waals surface area contributed by atoms with Gasteiger partial charge in [0.1, 0.15) is 17.5 Å². The summed E-state index contributed by atoms with van der Waals surface area (Å²) in [4.78, 5) is 30.6. The van der Waals surface area contributed by atoms with Crippen molar-refractivity contribution >= 4 is 35.9 Å². The minimum Gasteiger partial charge on any atom is -0.442 e. The lowest BCUT2D eigenvalue weighted by molar-refractivity contribution is -0.135. The van der Waals surface area contributed by atoms with Gasteiger partial charge < -0.3 is 15.4 Å². The molecule has 4 saturated carbocycles. The summed E-state index contributed by atoms with van der Waals surface area (Å²) in [7, 11) is 0. The Morgan fingerprint density at radius 2 is 1.68 bits per heavy atom. The molecule has 0 unspecified atom stereocenters. The van der Waals surface area contributed by atoms with E-state index in [4.69, 9.17) is 15.9 Å². The van der Waals surface area contributed by atoms with Crippen molar-refractivity contribution in [3.63, 3.8) is 0 Å². The number of piperidine rings is 1. The maximum absolute atomic E-state index is 13.8. The number of carbonyl (C=O) groups excluding carboxylic acids is 2. The van der Waals surface area contributed by atoms with Crippen molar-refractivity contribution in [3.05, 3.63) is 29.8 Å². The van der Waals surface area contributed by atoms with Crippen molar-refractivity contribution in [3.8, 4) is 0 Å². The van der Waals surface area contributed by atoms with Gasteiger partial charge in [-0.05, 0) is 94.6 Å². The third-order valence-corrected chi connectivity index (χ3v) is 8.33. The van der Waals surface area contributed by atoms with E-state index in [9.17, 15) is 9.59 Å². The van der Waals surface area contributed by atoms with Gasteiger partial charge in [-0.15, -0.1) is 12.4 Å². The molecule has 1 saturated heterocycles. The Balaban J connectivity index is 0.00000274. The summed E-state index contributed by atoms with van der Waals surface area (Å²) >= 11 is 0. The Bertz CT molecular complexity index is 910. The fourth-order valence-electron chi connectivity index (χ4n) is 7.19. The van der Waals surface area contributed by atoms with E-state index < -0.39 is 17.7 Å². The lowest BCUT2D eigenvalue weighted by atomic mass is 9.54. The van der Waals surface area contributed by atoms with Crippen molar-refractivity contribution in [1.82, 2.24) is 4.90 Å². The van der Waals surface area contributed by atoms with Crippen molar-refractivity contribution in [2.24, 2.45) is 23.5 Å². The molecule has 1 aromatic rings. The second-order valence-corrected chi connectivity index (χ2v) is 10.9. The summed E-state index contributed by atoms with van der Waals surface area (Å²) in [5.74, 6) is 1.86. The summed E-state index contributed by atoms with van der Waals surface area (Å²) in [5, 5.41) is 7.82. The van der Waals surface area contributed by atoms with Crippen LogP contribution in [0.3, 0.4) is 0 Å². The summed E-state index contributed by atoms with van der Waals surface area (Å²) < 4.78 is 6.36. The third-order valence-electron chi connectivity index (χ3n) is 8.33. The molecule has 4 aliphatic carbocycles. The van der Waals surface area contributed by atoms with Gasteiger partial charge in [-0.3, -0.25) is 15.1 Å². The van der Waals surface area contributed by atoms with Crippen LogP contribution in [0, 0.1) is 23.2 Å². The smallest absolute Gasteiger partial charge is 0.415 e. The van der Waals surface area contributed by atoms with Crippen LogP contribution in [0.25, 0.3) is 0 Å². The van der Waals surface area contributed by atoms with E-state index in [0.29, 0.717) is 29.0 Å². The van der Waals surface area contributed by atoms with Crippen LogP contribution >= 0.6 is 12.4 Å². The summed E-state index contributed by atoms with van der Waals surface area (Å²) in [5.41, 5.74) is 6.40. The first-order valence-corrected chi connectivity index (χ1v) is 12.6. The first kappa shape index (κ1) is 24.8. The van der Waals surface area contributed by atoms with Gasteiger partial charge in [0.05, 0.1) is 0 Å². The lowest BCUT2D eigenvalue weighted by Gasteiger charge is -2.56. The van der Waals surface area contributed by atoms with E-state index in [1.807, 2.05) is 4.90 Å². The molecule has 6 rings (SSSR count). The molecule has 0 aromatic heterocycles. The molecular weight excluding hydrogens is 452 g/mol. The van der Waals surface area contributed by atoms with Crippen LogP contribution in [-0.4, -0.2) is 47.5 Å². The minimum absolute atomic E-state index is 0. The fourth-order valence-corrected chi connectivity index (χ4v) is 7.19. The normalized spacial score (nSPS) is 30.3. The number of halogens is 1. The zero-order valence-electron chi connectivity index (χ0n) is 20.0. The Hall–Kier alpha value is -2.28. The number of rotatable bonds is 5. The Labute approximate surface area is 208 Å². The average molecular weight is 489 g/mol. The minimum atomic E-state index is -0.688. The first-order chi connectivity index (χ1) is 15.8. The van der Waals surface area contributed by atoms with E-state index in [0.717, 1.165) is 51.6 Å². The number of nitrogens with zero attached hydrogens (tertiary/aromatic N) is 2. The second-order valence-electron chi connectivity index (χ2n) is 10.9. The molecule has 186 valence electrons. The van der Waals surface area contributed by atoms with Crippen molar-refractivity contribution in [2.75, 3.05) is 18.0 Å². The van der Waals surface area contributed by atoms with Crippen LogP contribution in [-0.2, 0) is 9.53 Å². The topological polar surface area (TPSA) is 99.7 Å². The number of nitrogen functional groups attached to an aromatic ring is 1. The summed E-state index contributed by atoms with van der Waals surface area (Å²) in [6, 6.07) is 6.34. The van der Waals surface area contributed by atoms with Gasteiger partial charge in [-0.1, -0.05) is 12.1 Å². The third kappa shape index (κ3) is 4.77. The Morgan fingerprint density at radius 3 is 2.24 bits per heavy atom. The molecule has 34 heavy (non-hydrogen) atoms. The number of nitrogens with one attached hydrogen (secondary N) is 1. The quantitative estimate of drug-likeness (QED) is 0.463. The fraction of sp³-hybridized carbons (Fsp3) is 0.654. The predicted molar refractivity (Wildman–Crippen MR) is 134 cm³/mol. The van der Waals surface area contributed by atoms with Gasteiger partial charge in [0.2, 0.25) is 5.91 Å². The largest absolute Gasteiger partial charge is 0.442 e. The molecular formula is C26H37ClN4O3. The van der Waals surface area contributed by atoms with Crippen LogP contribution in [0.15, 0.2) is 24.3 Å². The summed E-state index contributed by atoms with van der Waals surface area (Å²) in [6.45, 7) is 3.25. The maximum Gasteiger partial charge on any atom is 0.415 e. The Kier molecular flexibility index (Phi) is 7.13. The van der Waals surface area contributed by atoms with Gasteiger partial charge in [0.15, 0.2) is 0 Å². The van der Waals surface area contributed by atoms with E-state index in [1.165, 1.54) is 24.2 Å². The zero-order chi connectivity index (χ0) is 23.2. The molecule has 1 heterocycles. The van der Waals surface area contributed by atoms with Gasteiger partial charge in [-0.25, -0.2) is 4.79 Å². The average Bonchev–Trinajstić information content (AvgIpc) is 2.78. The second kappa shape index (κ2) is 9.76. The van der Waals surface area contributed by atoms with Gasteiger partial charge in [0, 0.05) is 24.3 Å². The number of likely N-dealkylation sites (tertiary alicyclic amines) is 1. The number of hydrogen-bond acceptors (Lipinski definition) is 4. The molecule has 1 aromatic carbocycles. The zero-order valence-corrected chi connectivity index (χ0v) is 20.8. The Morgan fingerprint density at radius 1 is 1.09 bits per heavy atom.